The fraction of sp³-hybridized carbons (Fsp3) is 0. The second-order valence-corrected chi connectivity index (χ2v) is 7.23. The van der Waals surface area contributed by atoms with Gasteiger partial charge in [0.05, 0.1) is 11.4 Å². The van der Waals surface area contributed by atoms with E-state index in [1.165, 1.54) is 24.3 Å². The molecule has 123 valence electrons. The first kappa shape index (κ1) is 17.0. The van der Waals surface area contributed by atoms with E-state index in [-0.39, 0.29) is 22.7 Å². The molecule has 2 aromatic rings. The zero-order chi connectivity index (χ0) is 17.4. The lowest BCUT2D eigenvalue weighted by molar-refractivity contribution is 0.481. The largest absolute Gasteiger partial charge is 0.398 e. The molecule has 0 aromatic heterocycles. The van der Waals surface area contributed by atoms with Crippen LogP contribution in [0.3, 0.4) is 0 Å². The van der Waals surface area contributed by atoms with Gasteiger partial charge in [0.2, 0.25) is 0 Å². The van der Waals surface area contributed by atoms with Gasteiger partial charge in [0, 0.05) is 17.4 Å². The molecule has 0 saturated heterocycles. The number of benzene rings is 2. The van der Waals surface area contributed by atoms with Gasteiger partial charge in [-0.3, -0.25) is 9.11 Å². The van der Waals surface area contributed by atoms with E-state index in [1.54, 1.807) is 0 Å². The zero-order valence-electron chi connectivity index (χ0n) is 11.4. The number of hydrogen-bond acceptors (Lipinski definition) is 7. The summed E-state index contributed by atoms with van der Waals surface area (Å²) in [6, 6.07) is 8.44. The van der Waals surface area contributed by atoms with Crippen LogP contribution in [0, 0.1) is 6.07 Å². The third-order valence-corrected chi connectivity index (χ3v) is 4.51. The SMILES string of the molecule is Nc1[c]c(S(=O)(=O)O)c(Nc2ccc(N)c(S(=O)(=O)O)c2)cc1. The summed E-state index contributed by atoms with van der Waals surface area (Å²) < 4.78 is 63.4. The Labute approximate surface area is 132 Å². The van der Waals surface area contributed by atoms with Crippen LogP contribution in [0.2, 0.25) is 0 Å². The van der Waals surface area contributed by atoms with Crippen LogP contribution < -0.4 is 16.8 Å². The minimum absolute atomic E-state index is 0.0147. The Hall–Kier alpha value is -2.34. The highest BCUT2D eigenvalue weighted by Crippen LogP contribution is 2.29. The molecule has 2 aromatic carbocycles. The predicted octanol–water partition coefficient (Wildman–Crippen LogP) is 0.888. The van der Waals surface area contributed by atoms with E-state index in [2.05, 4.69) is 11.4 Å². The summed E-state index contributed by atoms with van der Waals surface area (Å²) in [6.45, 7) is 0. The molecule has 0 saturated carbocycles. The lowest BCUT2D eigenvalue weighted by atomic mass is 10.2. The summed E-state index contributed by atoms with van der Waals surface area (Å²) in [5, 5.41) is 2.59. The molecule has 0 aliphatic heterocycles. The number of nitrogen functional groups attached to an aromatic ring is 2. The average Bonchev–Trinajstić information content (AvgIpc) is 2.40. The lowest BCUT2D eigenvalue weighted by Crippen LogP contribution is -2.07. The maximum absolute atomic E-state index is 11.3. The van der Waals surface area contributed by atoms with E-state index in [0.717, 1.165) is 6.07 Å². The number of nitrogens with two attached hydrogens (primary N) is 2. The molecular formula is C12H12N3O6S2. The van der Waals surface area contributed by atoms with Crippen LogP contribution >= 0.6 is 0 Å². The summed E-state index contributed by atoms with van der Waals surface area (Å²) in [5.41, 5.74) is 10.7. The molecule has 0 atom stereocenters. The van der Waals surface area contributed by atoms with Crippen molar-refractivity contribution >= 4 is 43.0 Å². The Morgan fingerprint density at radius 1 is 0.957 bits per heavy atom. The Morgan fingerprint density at radius 2 is 1.61 bits per heavy atom. The van der Waals surface area contributed by atoms with E-state index in [1.807, 2.05) is 0 Å². The van der Waals surface area contributed by atoms with Gasteiger partial charge in [-0.25, -0.2) is 0 Å². The second-order valence-electron chi connectivity index (χ2n) is 4.48. The van der Waals surface area contributed by atoms with Crippen molar-refractivity contribution in [2.45, 2.75) is 9.79 Å². The molecule has 23 heavy (non-hydrogen) atoms. The molecule has 0 heterocycles. The molecule has 0 aliphatic carbocycles. The quantitative estimate of drug-likeness (QED) is 0.393. The topological polar surface area (TPSA) is 173 Å². The van der Waals surface area contributed by atoms with Crippen molar-refractivity contribution in [3.05, 3.63) is 36.4 Å². The van der Waals surface area contributed by atoms with Crippen LogP contribution in [0.1, 0.15) is 0 Å². The number of hydrogen-bond donors (Lipinski definition) is 5. The van der Waals surface area contributed by atoms with Gasteiger partial charge in [0.15, 0.2) is 0 Å². The first-order valence-corrected chi connectivity index (χ1v) is 8.80. The third kappa shape index (κ3) is 3.90. The minimum Gasteiger partial charge on any atom is -0.398 e. The maximum atomic E-state index is 11.3. The van der Waals surface area contributed by atoms with Crippen LogP contribution in [-0.2, 0) is 20.2 Å². The zero-order valence-corrected chi connectivity index (χ0v) is 13.0. The van der Waals surface area contributed by atoms with Gasteiger partial charge in [-0.15, -0.1) is 0 Å². The molecule has 0 unspecified atom stereocenters. The molecule has 7 N–H and O–H groups in total. The van der Waals surface area contributed by atoms with Gasteiger partial charge >= 0.3 is 0 Å². The number of anilines is 4. The predicted molar refractivity (Wildman–Crippen MR) is 83.5 cm³/mol. The summed E-state index contributed by atoms with van der Waals surface area (Å²) >= 11 is 0. The van der Waals surface area contributed by atoms with Crippen molar-refractivity contribution in [1.29, 1.82) is 0 Å². The summed E-state index contributed by atoms with van der Waals surface area (Å²) in [6.07, 6.45) is 0. The Bertz CT molecular complexity index is 970. The van der Waals surface area contributed by atoms with Crippen LogP contribution in [0.4, 0.5) is 22.7 Å². The molecule has 9 nitrogen and oxygen atoms in total. The highest BCUT2D eigenvalue weighted by atomic mass is 32.2. The van der Waals surface area contributed by atoms with Gasteiger partial charge < -0.3 is 16.8 Å². The van der Waals surface area contributed by atoms with Crippen molar-refractivity contribution < 1.29 is 25.9 Å². The molecule has 2 rings (SSSR count). The summed E-state index contributed by atoms with van der Waals surface area (Å²) in [4.78, 5) is -1.15. The van der Waals surface area contributed by atoms with Crippen molar-refractivity contribution in [3.8, 4) is 0 Å². The monoisotopic (exact) mass is 358 g/mol. The van der Waals surface area contributed by atoms with Crippen molar-refractivity contribution in [2.75, 3.05) is 16.8 Å². The lowest BCUT2D eigenvalue weighted by Gasteiger charge is -2.12. The molecule has 0 bridgehead atoms. The molecule has 11 heteroatoms. The van der Waals surface area contributed by atoms with Crippen LogP contribution in [0.15, 0.2) is 40.1 Å². The van der Waals surface area contributed by atoms with Crippen molar-refractivity contribution in [3.63, 3.8) is 0 Å². The standard InChI is InChI=1S/C12H12N3O6S2/c13-7-1-4-10(12(5-7)23(19,20)21)15-8-2-3-9(14)11(6-8)22(16,17)18/h1-4,6,15H,13-14H2,(H,16,17,18)(H,19,20,21). The Balaban J connectivity index is 2.53. The smallest absolute Gasteiger partial charge is 0.297 e. The van der Waals surface area contributed by atoms with E-state index < -0.39 is 30.0 Å². The third-order valence-electron chi connectivity index (χ3n) is 2.76. The maximum Gasteiger partial charge on any atom is 0.297 e. The van der Waals surface area contributed by atoms with Gasteiger partial charge in [-0.05, 0) is 30.3 Å². The normalized spacial score (nSPS) is 12.1. The number of nitrogens with one attached hydrogen (secondary N) is 1. The first-order chi connectivity index (χ1) is 10.5. The van der Waals surface area contributed by atoms with E-state index in [9.17, 15) is 21.4 Å². The van der Waals surface area contributed by atoms with Crippen LogP contribution in [0.5, 0.6) is 0 Å². The van der Waals surface area contributed by atoms with Crippen LogP contribution in [0.25, 0.3) is 0 Å². The first-order valence-electron chi connectivity index (χ1n) is 5.92. The molecule has 0 aliphatic rings. The average molecular weight is 358 g/mol. The molecule has 0 amide bonds. The summed E-state index contributed by atoms with van der Waals surface area (Å²) in [7, 11) is -9.17. The Morgan fingerprint density at radius 3 is 2.17 bits per heavy atom. The van der Waals surface area contributed by atoms with Gasteiger partial charge in [-0.1, -0.05) is 0 Å². The van der Waals surface area contributed by atoms with Crippen molar-refractivity contribution in [2.24, 2.45) is 0 Å². The van der Waals surface area contributed by atoms with E-state index in [4.69, 9.17) is 16.0 Å². The van der Waals surface area contributed by atoms with E-state index in [0.29, 0.717) is 0 Å². The Kier molecular flexibility index (Phi) is 4.22. The molecular weight excluding hydrogens is 346 g/mol. The second kappa shape index (κ2) is 5.70. The summed E-state index contributed by atoms with van der Waals surface area (Å²) in [5.74, 6) is 0. The van der Waals surface area contributed by atoms with Crippen molar-refractivity contribution in [1.82, 2.24) is 0 Å². The van der Waals surface area contributed by atoms with E-state index >= 15 is 0 Å². The van der Waals surface area contributed by atoms with Gasteiger partial charge in [0.25, 0.3) is 20.2 Å². The highest BCUT2D eigenvalue weighted by molar-refractivity contribution is 7.86. The minimum atomic E-state index is -4.61. The fourth-order valence-corrected chi connectivity index (χ4v) is 3.07. The molecule has 0 spiro atoms. The van der Waals surface area contributed by atoms with Crippen LogP contribution in [-0.4, -0.2) is 25.9 Å². The van der Waals surface area contributed by atoms with Gasteiger partial charge in [0.1, 0.15) is 9.79 Å². The fourth-order valence-electron chi connectivity index (χ4n) is 1.78. The number of rotatable bonds is 4. The van der Waals surface area contributed by atoms with Gasteiger partial charge in [-0.2, -0.15) is 16.8 Å². The highest BCUT2D eigenvalue weighted by Gasteiger charge is 2.18. The molecule has 0 fully saturated rings. The molecule has 1 radical (unpaired) electrons.